The van der Waals surface area contributed by atoms with Gasteiger partial charge in [-0.3, -0.25) is 4.79 Å². The van der Waals surface area contributed by atoms with E-state index in [4.69, 9.17) is 10.2 Å². The summed E-state index contributed by atoms with van der Waals surface area (Å²) in [6.45, 7) is 1.38. The third-order valence-corrected chi connectivity index (χ3v) is 6.50. The lowest BCUT2D eigenvalue weighted by Gasteiger charge is -2.30. The molecule has 0 radical (unpaired) electrons. The lowest BCUT2D eigenvalue weighted by atomic mass is 9.91. The van der Waals surface area contributed by atoms with Crippen molar-refractivity contribution < 1.29 is 22.4 Å². The van der Waals surface area contributed by atoms with Gasteiger partial charge in [-0.15, -0.1) is 5.10 Å². The average molecular weight is 548 g/mol. The summed E-state index contributed by atoms with van der Waals surface area (Å²) < 4.78 is 47.6. The Morgan fingerprint density at radius 2 is 1.80 bits per heavy atom. The molecule has 5 heterocycles. The zero-order chi connectivity index (χ0) is 28.1. The number of nitrogens with two attached hydrogens (primary N) is 1. The fourth-order valence-corrected chi connectivity index (χ4v) is 4.44. The molecule has 14 heteroatoms. The van der Waals surface area contributed by atoms with Crippen LogP contribution in [0.25, 0.3) is 28.3 Å². The maximum absolute atomic E-state index is 13.8. The Labute approximate surface area is 223 Å². The van der Waals surface area contributed by atoms with Crippen molar-refractivity contribution in [3.05, 3.63) is 90.1 Å². The number of anilines is 1. The second kappa shape index (κ2) is 9.18. The fourth-order valence-electron chi connectivity index (χ4n) is 4.44. The molecule has 40 heavy (non-hydrogen) atoms. The van der Waals surface area contributed by atoms with Crippen molar-refractivity contribution in [2.24, 2.45) is 0 Å². The molecule has 0 aliphatic rings. The highest BCUT2D eigenvalue weighted by Gasteiger charge is 2.40. The Morgan fingerprint density at radius 1 is 1.00 bits per heavy atom. The highest BCUT2D eigenvalue weighted by Crippen LogP contribution is 2.32. The number of fused-ring (bicyclic) bond motifs is 3. The number of carbonyl (C=O) groups is 1. The van der Waals surface area contributed by atoms with E-state index >= 15 is 0 Å². The van der Waals surface area contributed by atoms with Crippen molar-refractivity contribution in [2.45, 2.75) is 25.2 Å². The van der Waals surface area contributed by atoms with E-state index in [1.54, 1.807) is 49.4 Å². The Kier molecular flexibility index (Phi) is 5.75. The van der Waals surface area contributed by atoms with Gasteiger partial charge in [0.05, 0.1) is 30.1 Å². The minimum absolute atomic E-state index is 0.00135. The number of hydrogen-bond acceptors (Lipinski definition) is 8. The maximum atomic E-state index is 13.8. The van der Waals surface area contributed by atoms with E-state index < -0.39 is 23.3 Å². The standard InChI is InChI=1S/C26H20F3N9O2/c1-25(15-7-3-2-4-8-15,23(39)31-13-16-9-5-11-19(33-16)26(27,28)29)38-22-17(14-32-38)21-34-20(18-10-6-12-40-18)36-37(21)24(30)35-22/h2-12,14H,13H2,1H3,(H2,30,35)(H,31,39)/t25-/m1/s1. The van der Waals surface area contributed by atoms with Gasteiger partial charge < -0.3 is 15.5 Å². The molecule has 6 rings (SSSR count). The molecule has 0 saturated carbocycles. The minimum atomic E-state index is -4.61. The highest BCUT2D eigenvalue weighted by molar-refractivity contribution is 5.94. The van der Waals surface area contributed by atoms with Gasteiger partial charge in [-0.05, 0) is 36.8 Å². The summed E-state index contributed by atoms with van der Waals surface area (Å²) in [4.78, 5) is 26.5. The number of nitrogens with one attached hydrogen (secondary N) is 1. The molecular formula is C26H20F3N9O2. The number of nitrogen functional groups attached to an aromatic ring is 1. The van der Waals surface area contributed by atoms with Gasteiger partial charge >= 0.3 is 6.18 Å². The lowest BCUT2D eigenvalue weighted by molar-refractivity contribution is -0.141. The topological polar surface area (TPSA) is 142 Å². The molecule has 1 amide bonds. The molecule has 0 spiro atoms. The van der Waals surface area contributed by atoms with E-state index in [0.717, 1.165) is 6.07 Å². The van der Waals surface area contributed by atoms with Crippen molar-refractivity contribution in [2.75, 3.05) is 5.73 Å². The summed E-state index contributed by atoms with van der Waals surface area (Å²) in [5.41, 5.74) is 4.89. The average Bonchev–Trinajstić information content (AvgIpc) is 3.71. The zero-order valence-electron chi connectivity index (χ0n) is 20.8. The SMILES string of the molecule is C[C@](C(=O)NCc1cccc(C(F)(F)F)n1)(c1ccccc1)n1ncc2c1nc(N)n1nc(-c3ccco3)nc21. The molecule has 5 aromatic heterocycles. The molecular weight excluding hydrogens is 527 g/mol. The molecule has 1 atom stereocenters. The number of amides is 1. The number of rotatable bonds is 6. The zero-order valence-corrected chi connectivity index (χ0v) is 20.8. The normalized spacial score (nSPS) is 13.5. The third kappa shape index (κ3) is 4.09. The summed E-state index contributed by atoms with van der Waals surface area (Å²) >= 11 is 0. The molecule has 0 fully saturated rings. The first-order chi connectivity index (χ1) is 19.2. The number of pyridine rings is 1. The lowest BCUT2D eigenvalue weighted by Crippen LogP contribution is -2.48. The summed E-state index contributed by atoms with van der Waals surface area (Å²) in [5.74, 6) is 0.163. The number of carbonyl (C=O) groups excluding carboxylic acids is 1. The summed E-state index contributed by atoms with van der Waals surface area (Å²) in [6.07, 6.45) is -1.61. The Hall–Kier alpha value is -5.27. The van der Waals surface area contributed by atoms with E-state index in [2.05, 4.69) is 30.5 Å². The number of aromatic nitrogens is 7. The van der Waals surface area contributed by atoms with Gasteiger partial charge in [0, 0.05) is 0 Å². The first kappa shape index (κ1) is 25.0. The molecule has 0 aliphatic carbocycles. The quantitative estimate of drug-likeness (QED) is 0.321. The van der Waals surface area contributed by atoms with Gasteiger partial charge in [-0.2, -0.15) is 27.8 Å². The van der Waals surface area contributed by atoms with Crippen LogP contribution in [0.2, 0.25) is 0 Å². The molecule has 1 aromatic carbocycles. The molecule has 202 valence electrons. The van der Waals surface area contributed by atoms with Crippen molar-refractivity contribution in [3.8, 4) is 11.6 Å². The van der Waals surface area contributed by atoms with Crippen LogP contribution in [0.4, 0.5) is 19.1 Å². The summed E-state index contributed by atoms with van der Waals surface area (Å²) in [5, 5.41) is 12.1. The second-order valence-electron chi connectivity index (χ2n) is 9.04. The first-order valence-corrected chi connectivity index (χ1v) is 12.0. The van der Waals surface area contributed by atoms with Crippen molar-refractivity contribution >= 4 is 28.5 Å². The van der Waals surface area contributed by atoms with Crippen LogP contribution in [-0.2, 0) is 23.1 Å². The van der Waals surface area contributed by atoms with E-state index in [9.17, 15) is 18.0 Å². The van der Waals surface area contributed by atoms with Gasteiger partial charge in [-0.1, -0.05) is 36.4 Å². The smallest absolute Gasteiger partial charge is 0.433 e. The first-order valence-electron chi connectivity index (χ1n) is 12.0. The number of alkyl halides is 3. The number of furan rings is 1. The van der Waals surface area contributed by atoms with Gasteiger partial charge in [0.25, 0.3) is 5.91 Å². The Bertz CT molecular complexity index is 1850. The number of halogens is 3. The van der Waals surface area contributed by atoms with Crippen LogP contribution in [0.1, 0.15) is 23.9 Å². The minimum Gasteiger partial charge on any atom is -0.461 e. The maximum Gasteiger partial charge on any atom is 0.433 e. The van der Waals surface area contributed by atoms with Crippen molar-refractivity contribution in [1.82, 2.24) is 39.7 Å². The number of benzene rings is 1. The van der Waals surface area contributed by atoms with Crippen molar-refractivity contribution in [3.63, 3.8) is 0 Å². The predicted molar refractivity (Wildman–Crippen MR) is 136 cm³/mol. The van der Waals surface area contributed by atoms with Crippen molar-refractivity contribution in [1.29, 1.82) is 0 Å². The van der Waals surface area contributed by atoms with Crippen LogP contribution >= 0.6 is 0 Å². The van der Waals surface area contributed by atoms with Gasteiger partial charge in [0.1, 0.15) is 5.69 Å². The molecule has 0 aliphatic heterocycles. The van der Waals surface area contributed by atoms with E-state index in [0.29, 0.717) is 22.4 Å². The Morgan fingerprint density at radius 3 is 2.52 bits per heavy atom. The van der Waals surface area contributed by atoms with Crippen LogP contribution in [0.3, 0.4) is 0 Å². The molecule has 0 unspecified atom stereocenters. The summed E-state index contributed by atoms with van der Waals surface area (Å²) in [7, 11) is 0. The largest absolute Gasteiger partial charge is 0.461 e. The van der Waals surface area contributed by atoms with Crippen LogP contribution in [0, 0.1) is 0 Å². The number of hydrogen-bond donors (Lipinski definition) is 2. The van der Waals surface area contributed by atoms with Gasteiger partial charge in [-0.25, -0.2) is 14.6 Å². The van der Waals surface area contributed by atoms with Crippen LogP contribution in [0.5, 0.6) is 0 Å². The number of nitrogens with zero attached hydrogens (tertiary/aromatic N) is 7. The summed E-state index contributed by atoms with van der Waals surface area (Å²) in [6, 6.07) is 15.7. The van der Waals surface area contributed by atoms with E-state index in [1.165, 1.54) is 33.8 Å². The highest BCUT2D eigenvalue weighted by atomic mass is 19.4. The Balaban J connectivity index is 1.43. The third-order valence-electron chi connectivity index (χ3n) is 6.50. The monoisotopic (exact) mass is 547 g/mol. The molecule has 3 N–H and O–H groups in total. The van der Waals surface area contributed by atoms with Crippen LogP contribution in [-0.4, -0.2) is 40.3 Å². The fraction of sp³-hybridized carbons (Fsp3) is 0.154. The predicted octanol–water partition coefficient (Wildman–Crippen LogP) is 3.81. The van der Waals surface area contributed by atoms with E-state index in [1.807, 2.05) is 0 Å². The van der Waals surface area contributed by atoms with Gasteiger partial charge in [0.2, 0.25) is 11.8 Å². The molecule has 6 aromatic rings. The van der Waals surface area contributed by atoms with Crippen LogP contribution in [0.15, 0.2) is 77.5 Å². The molecule has 0 saturated heterocycles. The van der Waals surface area contributed by atoms with Crippen LogP contribution < -0.4 is 11.1 Å². The molecule has 11 nitrogen and oxygen atoms in total. The van der Waals surface area contributed by atoms with Gasteiger partial charge in [0.15, 0.2) is 22.6 Å². The second-order valence-corrected chi connectivity index (χ2v) is 9.04. The van der Waals surface area contributed by atoms with E-state index in [-0.39, 0.29) is 29.7 Å². The molecule has 0 bridgehead atoms.